The molecule has 1 heterocycles. The van der Waals surface area contributed by atoms with Crippen LogP contribution in [-0.4, -0.2) is 12.4 Å². The summed E-state index contributed by atoms with van der Waals surface area (Å²) in [5, 5.41) is 3.78. The van der Waals surface area contributed by atoms with E-state index in [1.54, 1.807) is 11.1 Å². The van der Waals surface area contributed by atoms with E-state index in [0.717, 1.165) is 13.0 Å². The van der Waals surface area contributed by atoms with E-state index in [1.165, 1.54) is 60.2 Å². The Morgan fingerprint density at radius 3 is 2.17 bits per heavy atom. The summed E-state index contributed by atoms with van der Waals surface area (Å²) in [4.78, 5) is 4.63. The Hall–Kier alpha value is -1.31. The molecule has 1 atom stereocenters. The van der Waals surface area contributed by atoms with Crippen molar-refractivity contribution in [3.63, 3.8) is 0 Å². The lowest BCUT2D eigenvalue weighted by atomic mass is 9.85. The number of hydrogen-bond donors (Lipinski definition) is 1. The van der Waals surface area contributed by atoms with Gasteiger partial charge in [0.15, 0.2) is 0 Å². The lowest BCUT2D eigenvalue weighted by molar-refractivity contribution is 0.563. The summed E-state index contributed by atoms with van der Waals surface area (Å²) in [6.07, 6.45) is 7.47. The number of benzene rings is 1. The largest absolute Gasteiger partial charge is 0.367 e. The van der Waals surface area contributed by atoms with Crippen LogP contribution in [0, 0.1) is 27.7 Å². The molecular weight excluding hydrogens is 280 g/mol. The maximum Gasteiger partial charge on any atom is 0.0968 e. The molecule has 128 valence electrons. The fraction of sp³-hybridized carbons (Fsp3) is 0.667. The van der Waals surface area contributed by atoms with Crippen LogP contribution < -0.4 is 5.32 Å². The van der Waals surface area contributed by atoms with E-state index in [4.69, 9.17) is 0 Å². The highest BCUT2D eigenvalue weighted by Gasteiger charge is 2.25. The van der Waals surface area contributed by atoms with Crippen LogP contribution in [0.1, 0.15) is 85.4 Å². The average Bonchev–Trinajstić information content (AvgIpc) is 2.99. The lowest BCUT2D eigenvalue weighted by Gasteiger charge is -2.26. The molecular formula is C21H34N2. The second-order valence-corrected chi connectivity index (χ2v) is 6.77. The highest BCUT2D eigenvalue weighted by atomic mass is 15.0. The standard InChI is InChI=1S/C19H28N2.C2H6/c1-12-13(2)15(4)19-16(14(12)3)8-5-6-9-17(19)21-18-10-7-11-20-18;1-2/h17H,5-11H2,1-4H3,(H,20,21);1-2H3. The number of hydrogen-bond acceptors (Lipinski definition) is 2. The number of nitrogens with one attached hydrogen (secondary N) is 1. The van der Waals surface area contributed by atoms with Gasteiger partial charge in [-0.15, -0.1) is 0 Å². The van der Waals surface area contributed by atoms with E-state index in [0.29, 0.717) is 6.04 Å². The molecule has 0 spiro atoms. The van der Waals surface area contributed by atoms with Gasteiger partial charge in [-0.25, -0.2) is 0 Å². The van der Waals surface area contributed by atoms with Crippen LogP contribution in [0.3, 0.4) is 0 Å². The molecule has 0 saturated carbocycles. The molecule has 2 aliphatic rings. The zero-order chi connectivity index (χ0) is 17.0. The summed E-state index contributed by atoms with van der Waals surface area (Å²) >= 11 is 0. The molecule has 1 aliphatic carbocycles. The van der Waals surface area contributed by atoms with Crippen LogP contribution in [0.5, 0.6) is 0 Å². The first-order chi connectivity index (χ1) is 11.1. The second kappa shape index (κ2) is 7.99. The highest BCUT2D eigenvalue weighted by molar-refractivity contribution is 5.84. The van der Waals surface area contributed by atoms with Gasteiger partial charge in [-0.2, -0.15) is 0 Å². The van der Waals surface area contributed by atoms with Gasteiger partial charge in [0, 0.05) is 13.0 Å². The SMILES string of the molecule is CC.Cc1c(C)c(C)c2c(c1C)CCCCC2NC1=NCCC1. The van der Waals surface area contributed by atoms with Gasteiger partial charge in [0.2, 0.25) is 0 Å². The quantitative estimate of drug-likeness (QED) is 0.680. The molecule has 3 rings (SSSR count). The molecule has 0 bridgehead atoms. The summed E-state index contributed by atoms with van der Waals surface area (Å²) in [7, 11) is 0. The Morgan fingerprint density at radius 2 is 1.52 bits per heavy atom. The van der Waals surface area contributed by atoms with Gasteiger partial charge in [0.25, 0.3) is 0 Å². The Balaban J connectivity index is 0.000000924. The van der Waals surface area contributed by atoms with E-state index in [-0.39, 0.29) is 0 Å². The molecule has 0 radical (unpaired) electrons. The van der Waals surface area contributed by atoms with E-state index in [9.17, 15) is 0 Å². The molecule has 0 saturated heterocycles. The fourth-order valence-electron chi connectivity index (χ4n) is 4.01. The molecule has 2 nitrogen and oxygen atoms in total. The minimum Gasteiger partial charge on any atom is -0.367 e. The first kappa shape index (κ1) is 18.0. The van der Waals surface area contributed by atoms with Crippen molar-refractivity contribution in [3.05, 3.63) is 33.4 Å². The first-order valence-electron chi connectivity index (χ1n) is 9.48. The Morgan fingerprint density at radius 1 is 0.826 bits per heavy atom. The van der Waals surface area contributed by atoms with Gasteiger partial charge < -0.3 is 5.32 Å². The van der Waals surface area contributed by atoms with Gasteiger partial charge in [-0.3, -0.25) is 4.99 Å². The first-order valence-corrected chi connectivity index (χ1v) is 9.48. The van der Waals surface area contributed by atoms with Crippen molar-refractivity contribution in [2.45, 2.75) is 86.1 Å². The molecule has 1 aromatic rings. The summed E-state index contributed by atoms with van der Waals surface area (Å²) < 4.78 is 0. The molecule has 0 amide bonds. The molecule has 23 heavy (non-hydrogen) atoms. The lowest BCUT2D eigenvalue weighted by Crippen LogP contribution is -2.28. The Labute approximate surface area is 142 Å². The fourth-order valence-corrected chi connectivity index (χ4v) is 4.01. The number of aliphatic imine (C=N–C) groups is 1. The van der Waals surface area contributed by atoms with E-state index >= 15 is 0 Å². The third-order valence-electron chi connectivity index (χ3n) is 5.60. The maximum atomic E-state index is 4.63. The maximum absolute atomic E-state index is 4.63. The van der Waals surface area contributed by atoms with Crippen molar-refractivity contribution in [1.82, 2.24) is 5.32 Å². The number of amidine groups is 1. The third-order valence-corrected chi connectivity index (χ3v) is 5.60. The molecule has 0 fully saturated rings. The predicted molar refractivity (Wildman–Crippen MR) is 102 cm³/mol. The second-order valence-electron chi connectivity index (χ2n) is 6.77. The zero-order valence-electron chi connectivity index (χ0n) is 16.0. The van der Waals surface area contributed by atoms with Crippen molar-refractivity contribution in [2.75, 3.05) is 6.54 Å². The predicted octanol–water partition coefficient (Wildman–Crippen LogP) is 5.50. The Bertz CT molecular complexity index is 584. The summed E-state index contributed by atoms with van der Waals surface area (Å²) in [5.74, 6) is 1.24. The van der Waals surface area contributed by atoms with Crippen molar-refractivity contribution in [2.24, 2.45) is 4.99 Å². The monoisotopic (exact) mass is 314 g/mol. The van der Waals surface area contributed by atoms with Gasteiger partial charge >= 0.3 is 0 Å². The van der Waals surface area contributed by atoms with Gasteiger partial charge in [0.05, 0.1) is 11.9 Å². The Kier molecular flexibility index (Phi) is 6.26. The van der Waals surface area contributed by atoms with Crippen molar-refractivity contribution >= 4 is 5.84 Å². The summed E-state index contributed by atoms with van der Waals surface area (Å²) in [6, 6.07) is 0.470. The molecule has 1 aromatic carbocycles. The van der Waals surface area contributed by atoms with Crippen molar-refractivity contribution in [3.8, 4) is 0 Å². The van der Waals surface area contributed by atoms with Gasteiger partial charge in [-0.1, -0.05) is 20.3 Å². The van der Waals surface area contributed by atoms with Crippen LogP contribution in [0.25, 0.3) is 0 Å². The molecule has 1 aliphatic heterocycles. The number of fused-ring (bicyclic) bond motifs is 1. The molecule has 1 N–H and O–H groups in total. The van der Waals surface area contributed by atoms with Crippen LogP contribution in [0.2, 0.25) is 0 Å². The normalized spacial score (nSPS) is 20.1. The van der Waals surface area contributed by atoms with E-state index in [2.05, 4.69) is 38.0 Å². The van der Waals surface area contributed by atoms with Crippen LogP contribution >= 0.6 is 0 Å². The molecule has 1 unspecified atom stereocenters. The topological polar surface area (TPSA) is 24.4 Å². The van der Waals surface area contributed by atoms with Gasteiger partial charge in [-0.05, 0) is 86.8 Å². The van der Waals surface area contributed by atoms with Crippen LogP contribution in [0.15, 0.2) is 4.99 Å². The minimum absolute atomic E-state index is 0.470. The van der Waals surface area contributed by atoms with E-state index in [1.807, 2.05) is 13.8 Å². The zero-order valence-corrected chi connectivity index (χ0v) is 16.0. The number of nitrogens with zero attached hydrogens (tertiary/aromatic N) is 1. The minimum atomic E-state index is 0.470. The van der Waals surface area contributed by atoms with Crippen molar-refractivity contribution < 1.29 is 0 Å². The molecule has 2 heteroatoms. The third kappa shape index (κ3) is 3.62. The molecule has 0 aromatic heterocycles. The van der Waals surface area contributed by atoms with Crippen molar-refractivity contribution in [1.29, 1.82) is 0 Å². The van der Waals surface area contributed by atoms with Gasteiger partial charge in [0.1, 0.15) is 0 Å². The van der Waals surface area contributed by atoms with Crippen LogP contribution in [-0.2, 0) is 6.42 Å². The smallest absolute Gasteiger partial charge is 0.0968 e. The van der Waals surface area contributed by atoms with E-state index < -0.39 is 0 Å². The number of rotatable bonds is 1. The van der Waals surface area contributed by atoms with Crippen LogP contribution in [0.4, 0.5) is 0 Å². The average molecular weight is 315 g/mol. The summed E-state index contributed by atoms with van der Waals surface area (Å²) in [5.41, 5.74) is 9.20. The highest BCUT2D eigenvalue weighted by Crippen LogP contribution is 2.36. The summed E-state index contributed by atoms with van der Waals surface area (Å²) in [6.45, 7) is 14.2.